The van der Waals surface area contributed by atoms with Gasteiger partial charge >= 0.3 is 5.97 Å². The van der Waals surface area contributed by atoms with E-state index < -0.39 is 5.97 Å². The van der Waals surface area contributed by atoms with Crippen LogP contribution < -0.4 is 0 Å². The van der Waals surface area contributed by atoms with E-state index in [1.807, 2.05) is 18.2 Å². The molecule has 0 fully saturated rings. The van der Waals surface area contributed by atoms with Crippen LogP contribution in [-0.2, 0) is 22.4 Å². The van der Waals surface area contributed by atoms with Gasteiger partial charge in [-0.3, -0.25) is 4.79 Å². The van der Waals surface area contributed by atoms with Gasteiger partial charge in [0.25, 0.3) is 0 Å². The Balaban J connectivity index is 1.98. The number of amides is 1. The first-order chi connectivity index (χ1) is 12.6. The number of rotatable bonds is 10. The molecule has 5 heteroatoms. The van der Waals surface area contributed by atoms with Gasteiger partial charge in [-0.2, -0.15) is 0 Å². The molecule has 1 amide bonds. The van der Waals surface area contributed by atoms with Crippen molar-refractivity contribution in [2.75, 3.05) is 26.8 Å². The zero-order chi connectivity index (χ0) is 18.8. The van der Waals surface area contributed by atoms with E-state index in [1.54, 1.807) is 30.2 Å². The van der Waals surface area contributed by atoms with Crippen molar-refractivity contribution in [1.82, 2.24) is 4.90 Å². The van der Waals surface area contributed by atoms with E-state index in [0.29, 0.717) is 25.3 Å². The normalized spacial score (nSPS) is 10.5. The van der Waals surface area contributed by atoms with Crippen LogP contribution in [0.3, 0.4) is 0 Å². The van der Waals surface area contributed by atoms with Crippen LogP contribution in [0.1, 0.15) is 27.9 Å². The molecule has 0 saturated heterocycles. The number of methoxy groups -OCH3 is 1. The first-order valence-corrected chi connectivity index (χ1v) is 8.73. The van der Waals surface area contributed by atoms with Crippen molar-refractivity contribution in [1.29, 1.82) is 0 Å². The number of benzene rings is 2. The molecular weight excluding hydrogens is 330 g/mol. The van der Waals surface area contributed by atoms with Crippen molar-refractivity contribution in [3.63, 3.8) is 0 Å². The summed E-state index contributed by atoms with van der Waals surface area (Å²) in [5.74, 6) is -1.09. The third kappa shape index (κ3) is 6.01. The van der Waals surface area contributed by atoms with E-state index >= 15 is 0 Å². The highest BCUT2D eigenvalue weighted by Gasteiger charge is 2.17. The standard InChI is InChI=1S/C21H25NO4/c1-26-15-14-22(13-7-10-17-8-3-2-4-9-17)20(23)16-18-11-5-6-12-19(18)21(24)25/h2-6,8-9,11-12H,7,10,13-16H2,1H3,(H,24,25). The van der Waals surface area contributed by atoms with Crippen LogP contribution in [0.2, 0.25) is 0 Å². The zero-order valence-corrected chi connectivity index (χ0v) is 15.1. The SMILES string of the molecule is COCCN(CCCc1ccccc1)C(=O)Cc1ccccc1C(=O)O. The lowest BCUT2D eigenvalue weighted by atomic mass is 10.0. The number of carbonyl (C=O) groups is 2. The Hall–Kier alpha value is -2.66. The Labute approximate surface area is 154 Å². The molecule has 0 aromatic heterocycles. The Morgan fingerprint density at radius 3 is 2.38 bits per heavy atom. The van der Waals surface area contributed by atoms with Gasteiger partial charge in [-0.05, 0) is 30.0 Å². The predicted molar refractivity (Wildman–Crippen MR) is 100 cm³/mol. The average molecular weight is 355 g/mol. The Morgan fingerprint density at radius 2 is 1.69 bits per heavy atom. The molecule has 0 unspecified atom stereocenters. The summed E-state index contributed by atoms with van der Waals surface area (Å²) in [5.41, 5.74) is 1.95. The van der Waals surface area contributed by atoms with E-state index in [1.165, 1.54) is 11.6 Å². The molecule has 0 heterocycles. The van der Waals surface area contributed by atoms with Crippen molar-refractivity contribution in [3.8, 4) is 0 Å². The monoisotopic (exact) mass is 355 g/mol. The third-order valence-electron chi connectivity index (χ3n) is 4.24. The minimum atomic E-state index is -1.01. The number of aromatic carboxylic acids is 1. The smallest absolute Gasteiger partial charge is 0.335 e. The molecule has 0 spiro atoms. The van der Waals surface area contributed by atoms with Gasteiger partial charge in [0.05, 0.1) is 18.6 Å². The number of carboxylic acids is 1. The molecule has 0 aliphatic carbocycles. The summed E-state index contributed by atoms with van der Waals surface area (Å²) < 4.78 is 5.11. The molecule has 0 bridgehead atoms. The average Bonchev–Trinajstić information content (AvgIpc) is 2.65. The summed E-state index contributed by atoms with van der Waals surface area (Å²) in [5, 5.41) is 9.28. The van der Waals surface area contributed by atoms with Crippen LogP contribution in [0.4, 0.5) is 0 Å². The first-order valence-electron chi connectivity index (χ1n) is 8.73. The van der Waals surface area contributed by atoms with Crippen LogP contribution in [0.25, 0.3) is 0 Å². The van der Waals surface area contributed by atoms with Gasteiger partial charge in [0.2, 0.25) is 5.91 Å². The lowest BCUT2D eigenvalue weighted by Gasteiger charge is -2.23. The molecular formula is C21H25NO4. The van der Waals surface area contributed by atoms with Crippen LogP contribution in [0, 0.1) is 0 Å². The van der Waals surface area contributed by atoms with E-state index in [0.717, 1.165) is 12.8 Å². The van der Waals surface area contributed by atoms with E-state index in [-0.39, 0.29) is 17.9 Å². The highest BCUT2D eigenvalue weighted by atomic mass is 16.5. The summed E-state index contributed by atoms with van der Waals surface area (Å²) in [4.78, 5) is 25.8. The van der Waals surface area contributed by atoms with Gasteiger partial charge in [-0.1, -0.05) is 48.5 Å². The Bertz CT molecular complexity index is 715. The first kappa shape index (κ1) is 19.7. The molecule has 2 rings (SSSR count). The molecule has 1 N–H and O–H groups in total. The Morgan fingerprint density at radius 1 is 1.00 bits per heavy atom. The maximum atomic E-state index is 12.7. The molecule has 0 aliphatic heterocycles. The molecule has 138 valence electrons. The van der Waals surface area contributed by atoms with Gasteiger partial charge in [-0.15, -0.1) is 0 Å². The fraction of sp³-hybridized carbons (Fsp3) is 0.333. The fourth-order valence-electron chi connectivity index (χ4n) is 2.84. The molecule has 0 aliphatic rings. The van der Waals surface area contributed by atoms with Gasteiger partial charge in [0, 0.05) is 20.2 Å². The molecule has 0 saturated carbocycles. The molecule has 2 aromatic carbocycles. The number of hydrogen-bond donors (Lipinski definition) is 1. The molecule has 0 radical (unpaired) electrons. The summed E-state index contributed by atoms with van der Waals surface area (Å²) >= 11 is 0. The minimum Gasteiger partial charge on any atom is -0.478 e. The summed E-state index contributed by atoms with van der Waals surface area (Å²) in [6.07, 6.45) is 1.82. The van der Waals surface area contributed by atoms with Gasteiger partial charge < -0.3 is 14.7 Å². The number of carbonyl (C=O) groups excluding carboxylic acids is 1. The molecule has 5 nitrogen and oxygen atoms in total. The van der Waals surface area contributed by atoms with Gasteiger partial charge in [0.15, 0.2) is 0 Å². The molecule has 2 aromatic rings. The van der Waals surface area contributed by atoms with Crippen LogP contribution in [0.15, 0.2) is 54.6 Å². The number of nitrogens with zero attached hydrogens (tertiary/aromatic N) is 1. The van der Waals surface area contributed by atoms with Gasteiger partial charge in [-0.25, -0.2) is 4.79 Å². The van der Waals surface area contributed by atoms with Crippen molar-refractivity contribution in [2.45, 2.75) is 19.3 Å². The van der Waals surface area contributed by atoms with Crippen LogP contribution >= 0.6 is 0 Å². The van der Waals surface area contributed by atoms with Crippen molar-refractivity contribution >= 4 is 11.9 Å². The quantitative estimate of drug-likeness (QED) is 0.711. The summed E-state index contributed by atoms with van der Waals surface area (Å²) in [6.45, 7) is 1.57. The van der Waals surface area contributed by atoms with Crippen molar-refractivity contribution < 1.29 is 19.4 Å². The highest BCUT2D eigenvalue weighted by Crippen LogP contribution is 2.12. The van der Waals surface area contributed by atoms with Crippen LogP contribution in [0.5, 0.6) is 0 Å². The predicted octanol–water partition coefficient (Wildman–Crippen LogP) is 3.04. The highest BCUT2D eigenvalue weighted by molar-refractivity contribution is 5.91. The lowest BCUT2D eigenvalue weighted by Crippen LogP contribution is -2.36. The second kappa shape index (κ2) is 10.4. The van der Waals surface area contributed by atoms with E-state index in [9.17, 15) is 14.7 Å². The lowest BCUT2D eigenvalue weighted by molar-refractivity contribution is -0.131. The number of ether oxygens (including phenoxy) is 1. The number of carboxylic acid groups (broad SMARTS) is 1. The fourth-order valence-corrected chi connectivity index (χ4v) is 2.84. The van der Waals surface area contributed by atoms with Crippen molar-refractivity contribution in [2.24, 2.45) is 0 Å². The second-order valence-corrected chi connectivity index (χ2v) is 6.10. The summed E-state index contributed by atoms with van der Waals surface area (Å²) in [7, 11) is 1.60. The van der Waals surface area contributed by atoms with E-state index in [2.05, 4.69) is 12.1 Å². The summed E-state index contributed by atoms with van der Waals surface area (Å²) in [6, 6.07) is 16.8. The molecule has 26 heavy (non-hydrogen) atoms. The topological polar surface area (TPSA) is 66.8 Å². The zero-order valence-electron chi connectivity index (χ0n) is 15.1. The second-order valence-electron chi connectivity index (χ2n) is 6.10. The third-order valence-corrected chi connectivity index (χ3v) is 4.24. The maximum Gasteiger partial charge on any atom is 0.335 e. The molecule has 0 atom stereocenters. The number of hydrogen-bond acceptors (Lipinski definition) is 3. The van der Waals surface area contributed by atoms with Gasteiger partial charge in [0.1, 0.15) is 0 Å². The van der Waals surface area contributed by atoms with Crippen LogP contribution in [-0.4, -0.2) is 48.7 Å². The van der Waals surface area contributed by atoms with Crippen molar-refractivity contribution in [3.05, 3.63) is 71.3 Å². The maximum absolute atomic E-state index is 12.7. The Kier molecular flexibility index (Phi) is 7.83. The number of aryl methyl sites for hydroxylation is 1. The minimum absolute atomic E-state index is 0.0798. The van der Waals surface area contributed by atoms with E-state index in [4.69, 9.17) is 4.74 Å². The largest absolute Gasteiger partial charge is 0.478 e.